The highest BCUT2D eigenvalue weighted by Crippen LogP contribution is 2.30. The normalized spacial score (nSPS) is 10.8. The molecule has 18 heavy (non-hydrogen) atoms. The lowest BCUT2D eigenvalue weighted by molar-refractivity contribution is -0.118. The van der Waals surface area contributed by atoms with Crippen LogP contribution in [0.1, 0.15) is 35.5 Å². The van der Waals surface area contributed by atoms with Crippen molar-refractivity contribution in [3.63, 3.8) is 0 Å². The van der Waals surface area contributed by atoms with Crippen LogP contribution in [0.3, 0.4) is 0 Å². The lowest BCUT2D eigenvalue weighted by Gasteiger charge is -1.94. The van der Waals surface area contributed by atoms with Crippen molar-refractivity contribution < 1.29 is 4.79 Å². The summed E-state index contributed by atoms with van der Waals surface area (Å²) in [6.45, 7) is 6.02. The first-order valence-electron chi connectivity index (χ1n) is 6.00. The quantitative estimate of drug-likeness (QED) is 0.836. The molecule has 0 saturated carbocycles. The van der Waals surface area contributed by atoms with Crippen molar-refractivity contribution in [2.45, 2.75) is 40.0 Å². The molecule has 2 aromatic heterocycles. The third-order valence-corrected chi connectivity index (χ3v) is 4.51. The average molecular weight is 280 g/mol. The minimum absolute atomic E-state index is 0.274. The Morgan fingerprint density at radius 1 is 1.33 bits per heavy atom. The summed E-state index contributed by atoms with van der Waals surface area (Å²) in [5, 5.41) is 3.99. The number of rotatable bonds is 5. The molecule has 0 unspecified atom stereocenters. The van der Waals surface area contributed by atoms with Gasteiger partial charge in [-0.1, -0.05) is 6.92 Å². The molecule has 3 nitrogen and oxygen atoms in total. The predicted molar refractivity (Wildman–Crippen MR) is 76.3 cm³/mol. The van der Waals surface area contributed by atoms with E-state index in [4.69, 9.17) is 0 Å². The van der Waals surface area contributed by atoms with Gasteiger partial charge in [-0.2, -0.15) is 0 Å². The maximum Gasteiger partial charge on any atom is 0.139 e. The van der Waals surface area contributed by atoms with Crippen molar-refractivity contribution in [2.24, 2.45) is 0 Å². The number of aryl methyl sites for hydroxylation is 2. The van der Waals surface area contributed by atoms with Gasteiger partial charge >= 0.3 is 0 Å². The van der Waals surface area contributed by atoms with Gasteiger partial charge in [0.25, 0.3) is 0 Å². The molecule has 0 aromatic carbocycles. The van der Waals surface area contributed by atoms with Crippen LogP contribution in [0.2, 0.25) is 0 Å². The van der Waals surface area contributed by atoms with Gasteiger partial charge < -0.3 is 0 Å². The Morgan fingerprint density at radius 3 is 2.72 bits per heavy atom. The summed E-state index contributed by atoms with van der Waals surface area (Å²) in [5.41, 5.74) is 1.98. The number of aromatic nitrogens is 2. The third-order valence-electron chi connectivity index (χ3n) is 2.57. The van der Waals surface area contributed by atoms with Gasteiger partial charge in [0.15, 0.2) is 0 Å². The highest BCUT2D eigenvalue weighted by atomic mass is 32.1. The average Bonchev–Trinajstić information content (AvgIpc) is 2.85. The molecular formula is C13H16N2OS2. The van der Waals surface area contributed by atoms with Gasteiger partial charge in [0.1, 0.15) is 10.8 Å². The van der Waals surface area contributed by atoms with Crippen molar-refractivity contribution in [3.8, 4) is 10.6 Å². The fourth-order valence-corrected chi connectivity index (χ4v) is 3.57. The highest BCUT2D eigenvalue weighted by molar-refractivity contribution is 7.16. The van der Waals surface area contributed by atoms with Gasteiger partial charge in [-0.15, -0.1) is 22.7 Å². The van der Waals surface area contributed by atoms with E-state index in [9.17, 15) is 4.79 Å². The Kier molecular flexibility index (Phi) is 4.24. The molecule has 0 radical (unpaired) electrons. The van der Waals surface area contributed by atoms with Crippen molar-refractivity contribution >= 4 is 28.5 Å². The molecular weight excluding hydrogens is 264 g/mol. The summed E-state index contributed by atoms with van der Waals surface area (Å²) in [5.74, 6) is 0.274. The predicted octanol–water partition coefficient (Wildman–Crippen LogP) is 3.80. The first kappa shape index (κ1) is 13.4. The molecule has 2 heterocycles. The minimum atomic E-state index is 0.274. The molecule has 0 aliphatic carbocycles. The summed E-state index contributed by atoms with van der Waals surface area (Å²) in [7, 11) is 0. The fraction of sp³-hybridized carbons (Fsp3) is 0.462. The number of hydrogen-bond acceptors (Lipinski definition) is 5. The fourth-order valence-electron chi connectivity index (χ4n) is 1.80. The largest absolute Gasteiger partial charge is 0.299 e. The van der Waals surface area contributed by atoms with Crippen LogP contribution >= 0.6 is 22.7 Å². The molecule has 0 aliphatic rings. The van der Waals surface area contributed by atoms with Gasteiger partial charge in [0.05, 0.1) is 27.7 Å². The van der Waals surface area contributed by atoms with E-state index in [2.05, 4.69) is 9.97 Å². The van der Waals surface area contributed by atoms with Gasteiger partial charge in [-0.05, 0) is 20.3 Å². The second kappa shape index (κ2) is 5.71. The van der Waals surface area contributed by atoms with Crippen LogP contribution < -0.4 is 0 Å². The molecule has 5 heteroatoms. The van der Waals surface area contributed by atoms with Crippen LogP contribution in [-0.2, 0) is 11.2 Å². The molecule has 0 N–H and O–H groups in total. The molecule has 2 aromatic rings. The van der Waals surface area contributed by atoms with Crippen LogP contribution in [0.4, 0.5) is 0 Å². The van der Waals surface area contributed by atoms with E-state index in [1.165, 1.54) is 0 Å². The molecule has 0 bridgehead atoms. The Hall–Kier alpha value is -1.07. The second-order valence-electron chi connectivity index (χ2n) is 4.24. The first-order valence-corrected chi connectivity index (χ1v) is 7.70. The van der Waals surface area contributed by atoms with E-state index in [0.29, 0.717) is 12.8 Å². The van der Waals surface area contributed by atoms with Crippen molar-refractivity contribution in [1.82, 2.24) is 9.97 Å². The Morgan fingerprint density at radius 2 is 2.11 bits per heavy atom. The maximum atomic E-state index is 11.6. The van der Waals surface area contributed by atoms with E-state index in [1.54, 1.807) is 22.7 Å². The van der Waals surface area contributed by atoms with Crippen LogP contribution in [0, 0.1) is 13.8 Å². The maximum absolute atomic E-state index is 11.6. The molecule has 0 spiro atoms. The van der Waals surface area contributed by atoms with Crippen molar-refractivity contribution in [1.29, 1.82) is 0 Å². The summed E-state index contributed by atoms with van der Waals surface area (Å²) in [6, 6.07) is 0. The number of hydrogen-bond donors (Lipinski definition) is 0. The first-order chi connectivity index (χ1) is 8.60. The van der Waals surface area contributed by atoms with Gasteiger partial charge in [-0.25, -0.2) is 9.97 Å². The Bertz CT molecular complexity index is 557. The SMILES string of the molecule is CCCC(=O)Cc1nc(-c2sc(C)nc2C)cs1. The number of carbonyl (C=O) groups excluding carboxylic acids is 1. The molecule has 2 rings (SSSR count). The number of ketones is 1. The van der Waals surface area contributed by atoms with Gasteiger partial charge in [0.2, 0.25) is 0 Å². The molecule has 0 amide bonds. The summed E-state index contributed by atoms with van der Waals surface area (Å²) < 4.78 is 0. The zero-order valence-corrected chi connectivity index (χ0v) is 12.5. The molecule has 0 fully saturated rings. The minimum Gasteiger partial charge on any atom is -0.299 e. The molecule has 0 aliphatic heterocycles. The van der Waals surface area contributed by atoms with Gasteiger partial charge in [0, 0.05) is 11.8 Å². The molecule has 0 saturated heterocycles. The second-order valence-corrected chi connectivity index (χ2v) is 6.39. The number of thiazole rings is 2. The van der Waals surface area contributed by atoms with E-state index in [-0.39, 0.29) is 5.78 Å². The zero-order valence-electron chi connectivity index (χ0n) is 10.8. The van der Waals surface area contributed by atoms with Crippen molar-refractivity contribution in [3.05, 3.63) is 21.1 Å². The third kappa shape index (κ3) is 3.03. The van der Waals surface area contributed by atoms with Crippen molar-refractivity contribution in [2.75, 3.05) is 0 Å². The lowest BCUT2D eigenvalue weighted by Crippen LogP contribution is -2.01. The number of Topliss-reactive ketones (excluding diaryl/α,β-unsaturated/α-hetero) is 1. The molecule has 0 atom stereocenters. The summed E-state index contributed by atoms with van der Waals surface area (Å²) >= 11 is 3.22. The zero-order chi connectivity index (χ0) is 13.1. The van der Waals surface area contributed by atoms with Crippen LogP contribution in [-0.4, -0.2) is 15.8 Å². The van der Waals surface area contributed by atoms with Crippen LogP contribution in [0.15, 0.2) is 5.38 Å². The lowest BCUT2D eigenvalue weighted by atomic mass is 10.2. The highest BCUT2D eigenvalue weighted by Gasteiger charge is 2.12. The summed E-state index contributed by atoms with van der Waals surface area (Å²) in [4.78, 5) is 21.7. The monoisotopic (exact) mass is 280 g/mol. The van der Waals surface area contributed by atoms with Gasteiger partial charge in [-0.3, -0.25) is 4.79 Å². The van der Waals surface area contributed by atoms with E-state index < -0.39 is 0 Å². The van der Waals surface area contributed by atoms with E-state index in [0.717, 1.165) is 32.7 Å². The topological polar surface area (TPSA) is 42.9 Å². The Balaban J connectivity index is 2.15. The molecule has 96 valence electrons. The van der Waals surface area contributed by atoms with Crippen LogP contribution in [0.5, 0.6) is 0 Å². The number of nitrogens with zero attached hydrogens (tertiary/aromatic N) is 2. The van der Waals surface area contributed by atoms with Crippen LogP contribution in [0.25, 0.3) is 10.6 Å². The van der Waals surface area contributed by atoms with E-state index in [1.807, 2.05) is 26.2 Å². The number of carbonyl (C=O) groups is 1. The Labute approximate surface area is 115 Å². The summed E-state index contributed by atoms with van der Waals surface area (Å²) in [6.07, 6.45) is 2.02. The standard InChI is InChI=1S/C13H16N2OS2/c1-4-5-10(16)6-12-15-11(7-17-12)13-8(2)14-9(3)18-13/h7H,4-6H2,1-3H3. The van der Waals surface area contributed by atoms with E-state index >= 15 is 0 Å². The smallest absolute Gasteiger partial charge is 0.139 e.